The van der Waals surface area contributed by atoms with E-state index in [4.69, 9.17) is 9.47 Å². The maximum absolute atomic E-state index is 12.7. The summed E-state index contributed by atoms with van der Waals surface area (Å²) in [5.41, 5.74) is 1.12. The van der Waals surface area contributed by atoms with E-state index in [2.05, 4.69) is 5.32 Å². The number of carbonyl (C=O) groups is 2. The maximum Gasteiger partial charge on any atom is 0.226 e. The Morgan fingerprint density at radius 2 is 1.73 bits per heavy atom. The number of nitrogens with zero attached hydrogens (tertiary/aromatic N) is 1. The van der Waals surface area contributed by atoms with E-state index in [9.17, 15) is 9.59 Å². The van der Waals surface area contributed by atoms with Crippen LogP contribution < -0.4 is 14.8 Å². The van der Waals surface area contributed by atoms with Crippen LogP contribution in [0.2, 0.25) is 0 Å². The number of hydrogen-bond donors (Lipinski definition) is 1. The van der Waals surface area contributed by atoms with Crippen molar-refractivity contribution in [2.24, 2.45) is 5.41 Å². The topological polar surface area (TPSA) is 67.9 Å². The molecule has 6 nitrogen and oxygen atoms in total. The van der Waals surface area contributed by atoms with Gasteiger partial charge in [0.15, 0.2) is 0 Å². The van der Waals surface area contributed by atoms with Gasteiger partial charge in [-0.15, -0.1) is 0 Å². The normalized spacial score (nSPS) is 19.6. The van der Waals surface area contributed by atoms with Gasteiger partial charge >= 0.3 is 0 Å². The second kappa shape index (κ2) is 7.98. The van der Waals surface area contributed by atoms with Gasteiger partial charge in [-0.1, -0.05) is 0 Å². The van der Waals surface area contributed by atoms with E-state index in [1.807, 2.05) is 17.0 Å². The molecule has 0 radical (unpaired) electrons. The largest absolute Gasteiger partial charge is 0.497 e. The molecule has 6 heteroatoms. The summed E-state index contributed by atoms with van der Waals surface area (Å²) in [5, 5.41) is 2.96. The molecule has 2 heterocycles. The first-order valence-electron chi connectivity index (χ1n) is 9.30. The molecule has 0 atom stereocenters. The van der Waals surface area contributed by atoms with Crippen LogP contribution in [0.3, 0.4) is 0 Å². The van der Waals surface area contributed by atoms with Gasteiger partial charge in [0.1, 0.15) is 11.5 Å². The fraction of sp³-hybridized carbons (Fsp3) is 0.600. The fourth-order valence-corrected chi connectivity index (χ4v) is 4.04. The average Bonchev–Trinajstić information content (AvgIpc) is 2.83. The average molecular weight is 360 g/mol. The molecule has 0 saturated carbocycles. The first kappa shape index (κ1) is 18.5. The van der Waals surface area contributed by atoms with Gasteiger partial charge in [-0.2, -0.15) is 0 Å². The number of piperidine rings is 1. The highest BCUT2D eigenvalue weighted by Crippen LogP contribution is 2.40. The number of amides is 2. The number of benzene rings is 1. The van der Waals surface area contributed by atoms with E-state index in [1.54, 1.807) is 20.3 Å². The molecule has 26 heavy (non-hydrogen) atoms. The van der Waals surface area contributed by atoms with Gasteiger partial charge in [-0.05, 0) is 48.8 Å². The molecule has 1 aromatic rings. The van der Waals surface area contributed by atoms with E-state index in [1.165, 1.54) is 0 Å². The molecular formula is C20H28N2O4. The van der Waals surface area contributed by atoms with Gasteiger partial charge in [-0.3, -0.25) is 9.59 Å². The van der Waals surface area contributed by atoms with Gasteiger partial charge in [0.05, 0.1) is 20.6 Å². The first-order chi connectivity index (χ1) is 12.5. The van der Waals surface area contributed by atoms with Crippen LogP contribution >= 0.6 is 0 Å². The molecule has 1 aromatic carbocycles. The van der Waals surface area contributed by atoms with Crippen molar-refractivity contribution in [1.82, 2.24) is 10.2 Å². The fourth-order valence-electron chi connectivity index (χ4n) is 4.04. The number of hydrogen-bond acceptors (Lipinski definition) is 4. The third kappa shape index (κ3) is 4.29. The molecule has 1 N–H and O–H groups in total. The lowest BCUT2D eigenvalue weighted by Crippen LogP contribution is -2.44. The van der Waals surface area contributed by atoms with Crippen LogP contribution in [0.15, 0.2) is 18.2 Å². The smallest absolute Gasteiger partial charge is 0.226 e. The minimum atomic E-state index is 0.137. The Labute approximate surface area is 154 Å². The van der Waals surface area contributed by atoms with Gasteiger partial charge in [0, 0.05) is 32.1 Å². The molecule has 2 aliphatic rings. The first-order valence-corrected chi connectivity index (χ1v) is 9.30. The molecule has 2 amide bonds. The van der Waals surface area contributed by atoms with Crippen LogP contribution in [0.5, 0.6) is 11.5 Å². The summed E-state index contributed by atoms with van der Waals surface area (Å²) in [6.45, 7) is 2.30. The Bertz CT molecular complexity index is 644. The quantitative estimate of drug-likeness (QED) is 0.893. The third-order valence-electron chi connectivity index (χ3n) is 5.80. The van der Waals surface area contributed by atoms with Crippen LogP contribution in [0.1, 0.15) is 37.7 Å². The molecule has 0 aromatic heterocycles. The van der Waals surface area contributed by atoms with Crippen LogP contribution in [-0.4, -0.2) is 50.6 Å². The number of rotatable bonds is 4. The molecule has 1 spiro atoms. The zero-order chi connectivity index (χ0) is 18.6. The summed E-state index contributed by atoms with van der Waals surface area (Å²) >= 11 is 0. The van der Waals surface area contributed by atoms with E-state index >= 15 is 0 Å². The van der Waals surface area contributed by atoms with Crippen molar-refractivity contribution in [3.05, 3.63) is 23.8 Å². The summed E-state index contributed by atoms with van der Waals surface area (Å²) in [6.07, 6.45) is 4.88. The second-order valence-corrected chi connectivity index (χ2v) is 7.38. The van der Waals surface area contributed by atoms with Crippen LogP contribution in [0, 0.1) is 5.41 Å². The predicted octanol–water partition coefficient (Wildman–Crippen LogP) is 2.16. The van der Waals surface area contributed by atoms with Crippen molar-refractivity contribution in [2.45, 2.75) is 38.5 Å². The Kier molecular flexibility index (Phi) is 5.69. The summed E-state index contributed by atoms with van der Waals surface area (Å²) < 4.78 is 10.6. The van der Waals surface area contributed by atoms with Crippen molar-refractivity contribution >= 4 is 11.8 Å². The predicted molar refractivity (Wildman–Crippen MR) is 98.4 cm³/mol. The molecule has 0 aliphatic carbocycles. The number of ether oxygens (including phenoxy) is 2. The molecule has 142 valence electrons. The number of likely N-dealkylation sites (tertiary alicyclic amines) is 1. The number of carbonyl (C=O) groups excluding carboxylic acids is 2. The van der Waals surface area contributed by atoms with Crippen molar-refractivity contribution in [2.75, 3.05) is 33.9 Å². The Balaban J connectivity index is 1.59. The molecule has 0 unspecified atom stereocenters. The molecule has 0 bridgehead atoms. The van der Waals surface area contributed by atoms with Crippen LogP contribution in [-0.2, 0) is 16.0 Å². The van der Waals surface area contributed by atoms with E-state index < -0.39 is 0 Å². The number of methoxy groups -OCH3 is 2. The third-order valence-corrected chi connectivity index (χ3v) is 5.80. The molecule has 2 saturated heterocycles. The summed E-state index contributed by atoms with van der Waals surface area (Å²) in [7, 11) is 3.22. The van der Waals surface area contributed by atoms with Gasteiger partial charge < -0.3 is 19.7 Å². The molecule has 3 rings (SSSR count). The SMILES string of the molecule is COc1cc(CC(=O)N2CCC3(CCNC(=O)CC3)CC2)cc(OC)c1. The highest BCUT2D eigenvalue weighted by molar-refractivity contribution is 5.79. The Morgan fingerprint density at radius 1 is 1.08 bits per heavy atom. The molecular weight excluding hydrogens is 332 g/mol. The van der Waals surface area contributed by atoms with E-state index in [0.29, 0.717) is 24.3 Å². The monoisotopic (exact) mass is 360 g/mol. The highest BCUT2D eigenvalue weighted by atomic mass is 16.5. The standard InChI is InChI=1S/C20H28N2O4/c1-25-16-11-15(12-17(14-16)26-2)13-19(24)22-9-6-20(7-10-22)4-3-18(23)21-8-5-20/h11-12,14H,3-10,13H2,1-2H3,(H,21,23). The second-order valence-electron chi connectivity index (χ2n) is 7.38. The lowest BCUT2D eigenvalue weighted by Gasteiger charge is -2.41. The van der Waals surface area contributed by atoms with Gasteiger partial charge in [0.2, 0.25) is 11.8 Å². The molecule has 2 fully saturated rings. The Hall–Kier alpha value is -2.24. The number of nitrogens with one attached hydrogen (secondary N) is 1. The summed E-state index contributed by atoms with van der Waals surface area (Å²) in [5.74, 6) is 1.69. The minimum absolute atomic E-state index is 0.137. The van der Waals surface area contributed by atoms with Crippen LogP contribution in [0.25, 0.3) is 0 Å². The van der Waals surface area contributed by atoms with Gasteiger partial charge in [0.25, 0.3) is 0 Å². The van der Waals surface area contributed by atoms with Crippen LogP contribution in [0.4, 0.5) is 0 Å². The van der Waals surface area contributed by atoms with Crippen molar-refractivity contribution in [3.8, 4) is 11.5 Å². The maximum atomic E-state index is 12.7. The lowest BCUT2D eigenvalue weighted by atomic mass is 9.73. The van der Waals surface area contributed by atoms with Crippen molar-refractivity contribution in [3.63, 3.8) is 0 Å². The Morgan fingerprint density at radius 3 is 2.35 bits per heavy atom. The zero-order valence-corrected chi connectivity index (χ0v) is 15.7. The zero-order valence-electron chi connectivity index (χ0n) is 15.7. The highest BCUT2D eigenvalue weighted by Gasteiger charge is 2.37. The van der Waals surface area contributed by atoms with Gasteiger partial charge in [-0.25, -0.2) is 0 Å². The van der Waals surface area contributed by atoms with Crippen molar-refractivity contribution < 1.29 is 19.1 Å². The summed E-state index contributed by atoms with van der Waals surface area (Å²) in [6, 6.07) is 5.57. The van der Waals surface area contributed by atoms with E-state index in [-0.39, 0.29) is 17.2 Å². The van der Waals surface area contributed by atoms with Crippen molar-refractivity contribution in [1.29, 1.82) is 0 Å². The summed E-state index contributed by atoms with van der Waals surface area (Å²) in [4.78, 5) is 26.3. The molecule has 2 aliphatic heterocycles. The minimum Gasteiger partial charge on any atom is -0.497 e. The van der Waals surface area contributed by atoms with E-state index in [0.717, 1.165) is 50.9 Å². The lowest BCUT2D eigenvalue weighted by molar-refractivity contribution is -0.133.